The van der Waals surface area contributed by atoms with Gasteiger partial charge in [-0.15, -0.1) is 0 Å². The van der Waals surface area contributed by atoms with Crippen molar-refractivity contribution in [1.29, 1.82) is 0 Å². The summed E-state index contributed by atoms with van der Waals surface area (Å²) in [7, 11) is 0. The first kappa shape index (κ1) is 13.4. The van der Waals surface area contributed by atoms with Crippen LogP contribution in [-0.2, 0) is 5.41 Å². The Kier molecular flexibility index (Phi) is 4.71. The van der Waals surface area contributed by atoms with Crippen LogP contribution in [0.15, 0.2) is 0 Å². The van der Waals surface area contributed by atoms with E-state index in [0.717, 1.165) is 17.4 Å². The highest BCUT2D eigenvalue weighted by molar-refractivity contribution is 7.09. The molecular weight excluding hydrogens is 218 g/mol. The fraction of sp³-hybridized carbons (Fsp3) is 0.833. The van der Waals surface area contributed by atoms with Gasteiger partial charge in [0.05, 0.1) is 0 Å². The summed E-state index contributed by atoms with van der Waals surface area (Å²) in [6.45, 7) is 10.8. The highest BCUT2D eigenvalue weighted by atomic mass is 32.1. The molecule has 0 saturated heterocycles. The van der Waals surface area contributed by atoms with Crippen molar-refractivity contribution in [3.8, 4) is 0 Å². The summed E-state index contributed by atoms with van der Waals surface area (Å²) in [6, 6.07) is 0.533. The zero-order valence-electron chi connectivity index (χ0n) is 11.0. The zero-order chi connectivity index (χ0) is 12.2. The smallest absolute Gasteiger partial charge is 0.202 e. The third-order valence-corrected chi connectivity index (χ3v) is 3.20. The average Bonchev–Trinajstić information content (AvgIpc) is 2.65. The number of anilines is 1. The summed E-state index contributed by atoms with van der Waals surface area (Å²) in [6.07, 6.45) is 3.54. The maximum Gasteiger partial charge on any atom is 0.202 e. The fourth-order valence-electron chi connectivity index (χ4n) is 1.49. The fourth-order valence-corrected chi connectivity index (χ4v) is 2.32. The van der Waals surface area contributed by atoms with Gasteiger partial charge in [0.15, 0.2) is 0 Å². The van der Waals surface area contributed by atoms with E-state index < -0.39 is 0 Å². The molecule has 0 amide bonds. The summed E-state index contributed by atoms with van der Waals surface area (Å²) < 4.78 is 4.40. The van der Waals surface area contributed by atoms with Crippen molar-refractivity contribution in [2.24, 2.45) is 0 Å². The molecule has 1 atom stereocenters. The first-order valence-electron chi connectivity index (χ1n) is 6.08. The number of hydrogen-bond donors (Lipinski definition) is 1. The van der Waals surface area contributed by atoms with Crippen LogP contribution in [0.4, 0.5) is 5.13 Å². The predicted octanol–water partition coefficient (Wildman–Crippen LogP) is 3.83. The molecule has 1 unspecified atom stereocenters. The molecule has 0 aliphatic carbocycles. The topological polar surface area (TPSA) is 37.8 Å². The van der Waals surface area contributed by atoms with Crippen LogP contribution in [0.2, 0.25) is 0 Å². The number of hydrogen-bond acceptors (Lipinski definition) is 4. The Morgan fingerprint density at radius 2 is 2.00 bits per heavy atom. The van der Waals surface area contributed by atoms with E-state index >= 15 is 0 Å². The van der Waals surface area contributed by atoms with Gasteiger partial charge in [-0.3, -0.25) is 0 Å². The SMILES string of the molecule is CCCC(CC)Nc1nc(C(C)(C)C)ns1. The van der Waals surface area contributed by atoms with Crippen LogP contribution >= 0.6 is 11.5 Å². The highest BCUT2D eigenvalue weighted by Gasteiger charge is 2.20. The van der Waals surface area contributed by atoms with Gasteiger partial charge >= 0.3 is 0 Å². The van der Waals surface area contributed by atoms with Gasteiger partial charge in [0.2, 0.25) is 5.13 Å². The van der Waals surface area contributed by atoms with Gasteiger partial charge in [-0.05, 0) is 12.8 Å². The molecule has 92 valence electrons. The number of nitrogens with zero attached hydrogens (tertiary/aromatic N) is 2. The maximum absolute atomic E-state index is 4.55. The van der Waals surface area contributed by atoms with Gasteiger partial charge in [0, 0.05) is 23.0 Å². The molecule has 1 heterocycles. The molecule has 0 bridgehead atoms. The molecule has 1 rings (SSSR count). The minimum atomic E-state index is 0.0445. The Bertz CT molecular complexity index is 314. The molecule has 3 nitrogen and oxygen atoms in total. The van der Waals surface area contributed by atoms with E-state index in [1.807, 2.05) is 0 Å². The van der Waals surface area contributed by atoms with E-state index in [4.69, 9.17) is 0 Å². The van der Waals surface area contributed by atoms with Crippen molar-refractivity contribution >= 4 is 16.7 Å². The normalized spacial score (nSPS) is 13.8. The van der Waals surface area contributed by atoms with Gasteiger partial charge in [-0.2, -0.15) is 4.37 Å². The molecule has 1 N–H and O–H groups in total. The molecular formula is C12H23N3S. The summed E-state index contributed by atoms with van der Waals surface area (Å²) in [4.78, 5) is 4.55. The molecule has 4 heteroatoms. The van der Waals surface area contributed by atoms with Crippen molar-refractivity contribution in [3.63, 3.8) is 0 Å². The van der Waals surface area contributed by atoms with Crippen molar-refractivity contribution in [2.45, 2.75) is 65.3 Å². The quantitative estimate of drug-likeness (QED) is 0.851. The van der Waals surface area contributed by atoms with E-state index in [-0.39, 0.29) is 5.41 Å². The number of nitrogens with one attached hydrogen (secondary N) is 1. The highest BCUT2D eigenvalue weighted by Crippen LogP contribution is 2.23. The molecule has 0 radical (unpaired) electrons. The summed E-state index contributed by atoms with van der Waals surface area (Å²) >= 11 is 1.47. The van der Waals surface area contributed by atoms with Crippen LogP contribution in [0.5, 0.6) is 0 Å². The van der Waals surface area contributed by atoms with Crippen LogP contribution in [0.25, 0.3) is 0 Å². The molecule has 0 spiro atoms. The number of aromatic nitrogens is 2. The monoisotopic (exact) mass is 241 g/mol. The van der Waals surface area contributed by atoms with Crippen LogP contribution in [0, 0.1) is 0 Å². The van der Waals surface area contributed by atoms with E-state index in [9.17, 15) is 0 Å². The van der Waals surface area contributed by atoms with Crippen LogP contribution in [0.3, 0.4) is 0 Å². The average molecular weight is 241 g/mol. The second-order valence-corrected chi connectivity index (χ2v) is 5.96. The van der Waals surface area contributed by atoms with Gasteiger partial charge in [-0.25, -0.2) is 4.98 Å². The van der Waals surface area contributed by atoms with Crippen LogP contribution in [0.1, 0.15) is 59.7 Å². The molecule has 0 aromatic carbocycles. The van der Waals surface area contributed by atoms with E-state index in [1.165, 1.54) is 24.4 Å². The first-order chi connectivity index (χ1) is 7.47. The van der Waals surface area contributed by atoms with Crippen LogP contribution < -0.4 is 5.32 Å². The van der Waals surface area contributed by atoms with Crippen LogP contribution in [-0.4, -0.2) is 15.4 Å². The van der Waals surface area contributed by atoms with Crippen molar-refractivity contribution < 1.29 is 0 Å². The Hall–Kier alpha value is -0.640. The van der Waals surface area contributed by atoms with Crippen molar-refractivity contribution in [2.75, 3.05) is 5.32 Å². The predicted molar refractivity (Wildman–Crippen MR) is 71.2 cm³/mol. The van der Waals surface area contributed by atoms with Crippen molar-refractivity contribution in [3.05, 3.63) is 5.82 Å². The second-order valence-electron chi connectivity index (χ2n) is 5.21. The van der Waals surface area contributed by atoms with Gasteiger partial charge in [0.1, 0.15) is 5.82 Å². The second kappa shape index (κ2) is 5.62. The third-order valence-electron chi connectivity index (χ3n) is 2.55. The Morgan fingerprint density at radius 1 is 1.31 bits per heavy atom. The zero-order valence-corrected chi connectivity index (χ0v) is 11.8. The standard InChI is InChI=1S/C12H23N3S/c1-6-8-9(7-2)13-11-14-10(15-16-11)12(3,4)5/h9H,6-8H2,1-5H3,(H,13,14,15). The lowest BCUT2D eigenvalue weighted by Gasteiger charge is -2.15. The summed E-state index contributed by atoms with van der Waals surface area (Å²) in [5.74, 6) is 0.936. The Balaban J connectivity index is 2.64. The lowest BCUT2D eigenvalue weighted by Crippen LogP contribution is -2.18. The lowest BCUT2D eigenvalue weighted by atomic mass is 9.96. The molecule has 0 saturated carbocycles. The summed E-state index contributed by atoms with van der Waals surface area (Å²) in [5, 5.41) is 4.43. The number of rotatable bonds is 5. The lowest BCUT2D eigenvalue weighted by molar-refractivity contribution is 0.554. The third kappa shape index (κ3) is 3.74. The Labute approximate surface area is 103 Å². The largest absolute Gasteiger partial charge is 0.358 e. The van der Waals surface area contributed by atoms with E-state index in [1.54, 1.807) is 0 Å². The van der Waals surface area contributed by atoms with Gasteiger partial charge in [-0.1, -0.05) is 41.0 Å². The summed E-state index contributed by atoms with van der Waals surface area (Å²) in [5.41, 5.74) is 0.0445. The molecule has 0 aliphatic rings. The minimum absolute atomic E-state index is 0.0445. The molecule has 1 aromatic rings. The van der Waals surface area contributed by atoms with Crippen molar-refractivity contribution in [1.82, 2.24) is 9.36 Å². The maximum atomic E-state index is 4.55. The molecule has 1 aromatic heterocycles. The van der Waals surface area contributed by atoms with E-state index in [0.29, 0.717) is 6.04 Å². The van der Waals surface area contributed by atoms with Gasteiger partial charge in [0.25, 0.3) is 0 Å². The van der Waals surface area contributed by atoms with Gasteiger partial charge < -0.3 is 5.32 Å². The Morgan fingerprint density at radius 3 is 2.44 bits per heavy atom. The molecule has 0 fully saturated rings. The minimum Gasteiger partial charge on any atom is -0.358 e. The van der Waals surface area contributed by atoms with E-state index in [2.05, 4.69) is 49.3 Å². The molecule has 0 aliphatic heterocycles. The first-order valence-corrected chi connectivity index (χ1v) is 6.85. The molecule has 16 heavy (non-hydrogen) atoms.